The zero-order valence-electron chi connectivity index (χ0n) is 32.2. The second kappa shape index (κ2) is 10.8. The van der Waals surface area contributed by atoms with Crippen molar-refractivity contribution in [3.05, 3.63) is 182 Å². The Morgan fingerprint density at radius 3 is 1.61 bits per heavy atom. The predicted molar refractivity (Wildman–Crippen MR) is 213 cm³/mol. The highest BCUT2D eigenvalue weighted by Gasteiger charge is 2.19. The summed E-state index contributed by atoms with van der Waals surface area (Å²) in [5.41, 5.74) is 10.1. The monoisotopic (exact) mass is 655 g/mol. The Bertz CT molecular complexity index is 3400. The number of para-hydroxylation sites is 4. The van der Waals surface area contributed by atoms with Crippen molar-refractivity contribution >= 4 is 65.6 Å². The molecule has 0 atom stereocenters. The van der Waals surface area contributed by atoms with Gasteiger partial charge in [-0.05, 0) is 83.4 Å². The molecule has 3 aromatic heterocycles. The fourth-order valence-corrected chi connectivity index (χ4v) is 7.95. The van der Waals surface area contributed by atoms with Crippen LogP contribution in [0.5, 0.6) is 0 Å². The first-order chi connectivity index (χ1) is 27.4. The second-order valence-corrected chi connectivity index (χ2v) is 13.0. The fourth-order valence-electron chi connectivity index (χ4n) is 7.95. The minimum absolute atomic E-state index is 0.106. The maximum atomic E-state index is 8.91. The first kappa shape index (κ1) is 23.5. The zero-order chi connectivity index (χ0) is 37.8. The Kier molecular flexibility index (Phi) is 4.99. The van der Waals surface area contributed by atoms with Crippen molar-refractivity contribution in [1.82, 2.24) is 9.13 Å². The van der Waals surface area contributed by atoms with E-state index in [2.05, 4.69) is 112 Å². The van der Waals surface area contributed by atoms with Gasteiger partial charge in [0.1, 0.15) is 11.2 Å². The van der Waals surface area contributed by atoms with Gasteiger partial charge in [-0.1, -0.05) is 115 Å². The third kappa shape index (κ3) is 4.19. The van der Waals surface area contributed by atoms with E-state index >= 15 is 0 Å². The van der Waals surface area contributed by atoms with E-state index in [0.717, 1.165) is 66.1 Å². The van der Waals surface area contributed by atoms with Crippen LogP contribution in [0, 0.1) is 0 Å². The SMILES string of the molecule is [2H]c1c([2H])c([2H])c(-c2cc(-n3c4ccccc4c4cc(-c5ccc6c(c5)c5ccccc5n6-c5ccccc5)ccc43)cc3c2oc2ccccc23)c([2H])c1[2H]. The Balaban J connectivity index is 1.15. The molecule has 8 aromatic carbocycles. The number of aromatic nitrogens is 2. The standard InChI is InChI=1S/C48H30N2O/c1-3-13-31(14-4-1)39-29-35(30-42-38-19-9-12-22-47(38)51-48(39)42)50-44-21-11-8-18-37(44)41-28-33(24-26-46(41)50)32-23-25-45-40(27-32)36-17-7-10-20-43(36)49(45)34-15-5-2-6-16-34/h1-30H/i1D,3D,4D,13D,14D. The largest absolute Gasteiger partial charge is 0.455 e. The molecule has 0 spiro atoms. The summed E-state index contributed by atoms with van der Waals surface area (Å²) in [4.78, 5) is 0. The van der Waals surface area contributed by atoms with Crippen LogP contribution in [-0.4, -0.2) is 9.13 Å². The first-order valence-corrected chi connectivity index (χ1v) is 17.0. The van der Waals surface area contributed by atoms with Gasteiger partial charge < -0.3 is 13.6 Å². The highest BCUT2D eigenvalue weighted by molar-refractivity contribution is 6.14. The van der Waals surface area contributed by atoms with E-state index in [-0.39, 0.29) is 29.7 Å². The van der Waals surface area contributed by atoms with Gasteiger partial charge in [0.2, 0.25) is 0 Å². The molecule has 51 heavy (non-hydrogen) atoms. The molecular weight excluding hydrogens is 621 g/mol. The number of hydrogen-bond acceptors (Lipinski definition) is 1. The summed E-state index contributed by atoms with van der Waals surface area (Å²) < 4.78 is 54.0. The summed E-state index contributed by atoms with van der Waals surface area (Å²) >= 11 is 0. The van der Waals surface area contributed by atoms with Crippen LogP contribution >= 0.6 is 0 Å². The van der Waals surface area contributed by atoms with Crippen LogP contribution in [0.1, 0.15) is 6.85 Å². The van der Waals surface area contributed by atoms with Crippen LogP contribution in [0.3, 0.4) is 0 Å². The summed E-state index contributed by atoms with van der Waals surface area (Å²) in [6.45, 7) is 0. The van der Waals surface area contributed by atoms with Crippen molar-refractivity contribution < 1.29 is 11.3 Å². The molecule has 0 N–H and O–H groups in total. The van der Waals surface area contributed by atoms with Gasteiger partial charge in [0.15, 0.2) is 0 Å². The molecule has 0 aliphatic carbocycles. The summed E-state index contributed by atoms with van der Waals surface area (Å²) in [5.74, 6) is 0. The normalized spacial score (nSPS) is 13.3. The molecule has 0 bridgehead atoms. The van der Waals surface area contributed by atoms with E-state index in [1.54, 1.807) is 0 Å². The lowest BCUT2D eigenvalue weighted by Gasteiger charge is -2.12. The van der Waals surface area contributed by atoms with E-state index in [4.69, 9.17) is 11.3 Å². The summed E-state index contributed by atoms with van der Waals surface area (Å²) in [5, 5.41) is 6.21. The van der Waals surface area contributed by atoms with Crippen LogP contribution in [0.2, 0.25) is 0 Å². The number of rotatable bonds is 4. The third-order valence-electron chi connectivity index (χ3n) is 10.2. The minimum atomic E-state index is -0.431. The van der Waals surface area contributed by atoms with Crippen molar-refractivity contribution in [3.63, 3.8) is 0 Å². The van der Waals surface area contributed by atoms with E-state index < -0.39 is 6.04 Å². The molecular formula is C48H30N2O. The van der Waals surface area contributed by atoms with Crippen LogP contribution in [0.4, 0.5) is 0 Å². The number of fused-ring (bicyclic) bond motifs is 9. The molecule has 0 aliphatic rings. The quantitative estimate of drug-likeness (QED) is 0.185. The Hall–Kier alpha value is -6.84. The molecule has 3 heterocycles. The van der Waals surface area contributed by atoms with Crippen molar-refractivity contribution in [3.8, 4) is 33.6 Å². The molecule has 3 heteroatoms. The van der Waals surface area contributed by atoms with Crippen molar-refractivity contribution in [2.45, 2.75) is 0 Å². The van der Waals surface area contributed by atoms with Crippen LogP contribution in [-0.2, 0) is 0 Å². The third-order valence-corrected chi connectivity index (χ3v) is 10.2. The molecule has 238 valence electrons. The van der Waals surface area contributed by atoms with Crippen LogP contribution in [0.15, 0.2) is 186 Å². The smallest absolute Gasteiger partial charge is 0.143 e. The second-order valence-electron chi connectivity index (χ2n) is 13.0. The average Bonchev–Trinajstić information content (AvgIpc) is 3.90. The minimum Gasteiger partial charge on any atom is -0.455 e. The number of hydrogen-bond donors (Lipinski definition) is 0. The van der Waals surface area contributed by atoms with E-state index in [0.29, 0.717) is 16.7 Å². The molecule has 0 unspecified atom stereocenters. The molecule has 0 amide bonds. The highest BCUT2D eigenvalue weighted by atomic mass is 16.3. The van der Waals surface area contributed by atoms with Gasteiger partial charge >= 0.3 is 0 Å². The summed E-state index contributed by atoms with van der Waals surface area (Å²) in [6, 6.07) is 50.6. The number of furan rings is 1. The first-order valence-electron chi connectivity index (χ1n) is 19.5. The van der Waals surface area contributed by atoms with Gasteiger partial charge in [0, 0.05) is 49.3 Å². The van der Waals surface area contributed by atoms with Gasteiger partial charge in [0.25, 0.3) is 0 Å². The van der Waals surface area contributed by atoms with Gasteiger partial charge in [-0.15, -0.1) is 0 Å². The van der Waals surface area contributed by atoms with Gasteiger partial charge in [-0.2, -0.15) is 0 Å². The van der Waals surface area contributed by atoms with Crippen molar-refractivity contribution in [1.29, 1.82) is 0 Å². The lowest BCUT2D eigenvalue weighted by Crippen LogP contribution is -1.95. The Morgan fingerprint density at radius 1 is 0.392 bits per heavy atom. The van der Waals surface area contributed by atoms with Crippen LogP contribution < -0.4 is 0 Å². The maximum absolute atomic E-state index is 8.91. The highest BCUT2D eigenvalue weighted by Crippen LogP contribution is 2.42. The molecule has 0 radical (unpaired) electrons. The summed E-state index contributed by atoms with van der Waals surface area (Å²) in [7, 11) is 0. The summed E-state index contributed by atoms with van der Waals surface area (Å²) in [6.07, 6.45) is 0. The van der Waals surface area contributed by atoms with E-state index in [9.17, 15) is 0 Å². The number of benzene rings is 8. The predicted octanol–water partition coefficient (Wildman–Crippen LogP) is 13.1. The lowest BCUT2D eigenvalue weighted by molar-refractivity contribution is 0.670. The topological polar surface area (TPSA) is 23.0 Å². The van der Waals surface area contributed by atoms with Crippen molar-refractivity contribution in [2.24, 2.45) is 0 Å². The Labute approximate surface area is 300 Å². The van der Waals surface area contributed by atoms with Gasteiger partial charge in [-0.25, -0.2) is 0 Å². The molecule has 11 rings (SSSR count). The average molecular weight is 656 g/mol. The Morgan fingerprint density at radius 2 is 0.941 bits per heavy atom. The molecule has 3 nitrogen and oxygen atoms in total. The molecule has 11 aromatic rings. The molecule has 0 aliphatic heterocycles. The number of nitrogens with zero attached hydrogens (tertiary/aromatic N) is 2. The zero-order valence-corrected chi connectivity index (χ0v) is 27.2. The maximum Gasteiger partial charge on any atom is 0.143 e. The molecule has 0 saturated carbocycles. The van der Waals surface area contributed by atoms with E-state index in [1.807, 2.05) is 48.5 Å². The van der Waals surface area contributed by atoms with Crippen molar-refractivity contribution in [2.75, 3.05) is 0 Å². The van der Waals surface area contributed by atoms with E-state index in [1.165, 1.54) is 10.8 Å². The fraction of sp³-hybridized carbons (Fsp3) is 0. The lowest BCUT2D eigenvalue weighted by atomic mass is 10.0. The molecule has 0 saturated heterocycles. The van der Waals surface area contributed by atoms with Crippen LogP contribution in [0.25, 0.3) is 99.2 Å². The van der Waals surface area contributed by atoms with Gasteiger partial charge in [0.05, 0.1) is 28.9 Å². The van der Waals surface area contributed by atoms with Gasteiger partial charge in [-0.3, -0.25) is 0 Å². The molecule has 0 fully saturated rings.